The van der Waals surface area contributed by atoms with Crippen LogP contribution in [0.25, 0.3) is 10.8 Å². The first-order valence-electron chi connectivity index (χ1n) is 8.07. The van der Waals surface area contributed by atoms with E-state index in [0.717, 1.165) is 10.8 Å². The van der Waals surface area contributed by atoms with Gasteiger partial charge in [-0.2, -0.15) is 0 Å². The molecule has 0 fully saturated rings. The fourth-order valence-electron chi connectivity index (χ4n) is 3.42. The number of fused-ring (bicyclic) bond motifs is 1. The average Bonchev–Trinajstić information content (AvgIpc) is 2.51. The van der Waals surface area contributed by atoms with Crippen LogP contribution in [0.5, 0.6) is 0 Å². The van der Waals surface area contributed by atoms with Crippen molar-refractivity contribution in [2.24, 2.45) is 5.92 Å². The Labute approximate surface area is 127 Å². The molecule has 0 aliphatic rings. The van der Waals surface area contributed by atoms with Gasteiger partial charge in [0.25, 0.3) is 0 Å². The molecular weight excluding hydrogens is 261 g/mol. The molecular formula is C19H26FN. The summed E-state index contributed by atoms with van der Waals surface area (Å²) in [6, 6.07) is 11.7. The molecule has 1 N–H and O–H groups in total. The van der Waals surface area contributed by atoms with E-state index in [-0.39, 0.29) is 11.9 Å². The predicted octanol–water partition coefficient (Wildman–Crippen LogP) is 5.46. The summed E-state index contributed by atoms with van der Waals surface area (Å²) in [7, 11) is 2.01. The smallest absolute Gasteiger partial charge is 0.131 e. The summed E-state index contributed by atoms with van der Waals surface area (Å²) in [5.41, 5.74) is 1.22. The molecule has 2 heteroatoms. The molecule has 0 aliphatic carbocycles. The molecule has 0 heterocycles. The monoisotopic (exact) mass is 287 g/mol. The summed E-state index contributed by atoms with van der Waals surface area (Å²) in [6.07, 6.45) is 4.76. The van der Waals surface area contributed by atoms with Gasteiger partial charge in [0.15, 0.2) is 0 Å². The Bertz CT molecular complexity index is 573. The molecule has 0 aliphatic heterocycles. The number of benzene rings is 2. The topological polar surface area (TPSA) is 12.0 Å². The standard InChI is InChI=1S/C19H26FN/c1-4-8-14(9-5-2)19(21-3)17-12-13-18(20)16-11-7-6-10-15(16)17/h6-7,10-14,19,21H,4-5,8-9H2,1-3H3. The van der Waals surface area contributed by atoms with Crippen molar-refractivity contribution in [2.45, 2.75) is 45.6 Å². The van der Waals surface area contributed by atoms with Crippen LogP contribution in [0.1, 0.15) is 51.1 Å². The quantitative estimate of drug-likeness (QED) is 0.713. The number of rotatable bonds is 7. The maximum Gasteiger partial charge on any atom is 0.131 e. The van der Waals surface area contributed by atoms with E-state index in [4.69, 9.17) is 0 Å². The van der Waals surface area contributed by atoms with Crippen molar-refractivity contribution >= 4 is 10.8 Å². The summed E-state index contributed by atoms with van der Waals surface area (Å²) >= 11 is 0. The van der Waals surface area contributed by atoms with Gasteiger partial charge in [-0.1, -0.05) is 57.0 Å². The Morgan fingerprint density at radius 2 is 1.57 bits per heavy atom. The van der Waals surface area contributed by atoms with Gasteiger partial charge in [-0.3, -0.25) is 0 Å². The molecule has 0 saturated carbocycles. The molecule has 0 spiro atoms. The van der Waals surface area contributed by atoms with Crippen LogP contribution in [-0.4, -0.2) is 7.05 Å². The predicted molar refractivity (Wildman–Crippen MR) is 89.0 cm³/mol. The van der Waals surface area contributed by atoms with Gasteiger partial charge in [0.2, 0.25) is 0 Å². The van der Waals surface area contributed by atoms with Crippen LogP contribution in [0.15, 0.2) is 36.4 Å². The van der Waals surface area contributed by atoms with Crippen molar-refractivity contribution in [2.75, 3.05) is 7.05 Å². The summed E-state index contributed by atoms with van der Waals surface area (Å²) in [5.74, 6) is 0.464. The fraction of sp³-hybridized carbons (Fsp3) is 0.474. The van der Waals surface area contributed by atoms with Crippen molar-refractivity contribution in [1.29, 1.82) is 0 Å². The van der Waals surface area contributed by atoms with E-state index in [0.29, 0.717) is 5.92 Å². The van der Waals surface area contributed by atoms with Crippen molar-refractivity contribution in [3.05, 3.63) is 47.8 Å². The lowest BCUT2D eigenvalue weighted by Gasteiger charge is -2.28. The van der Waals surface area contributed by atoms with Gasteiger partial charge in [0.05, 0.1) is 0 Å². The summed E-state index contributed by atoms with van der Waals surface area (Å²) in [6.45, 7) is 4.47. The van der Waals surface area contributed by atoms with Crippen LogP contribution in [0.4, 0.5) is 4.39 Å². The Morgan fingerprint density at radius 3 is 2.14 bits per heavy atom. The Morgan fingerprint density at radius 1 is 0.952 bits per heavy atom. The van der Waals surface area contributed by atoms with Gasteiger partial charge in [-0.05, 0) is 42.8 Å². The minimum absolute atomic E-state index is 0.133. The van der Waals surface area contributed by atoms with Crippen LogP contribution in [-0.2, 0) is 0 Å². The van der Waals surface area contributed by atoms with Gasteiger partial charge in [0.1, 0.15) is 5.82 Å². The molecule has 1 nitrogen and oxygen atoms in total. The zero-order chi connectivity index (χ0) is 15.2. The summed E-state index contributed by atoms with van der Waals surface area (Å²) in [5, 5.41) is 5.24. The second-order valence-electron chi connectivity index (χ2n) is 5.79. The van der Waals surface area contributed by atoms with Crippen LogP contribution in [0.3, 0.4) is 0 Å². The van der Waals surface area contributed by atoms with Gasteiger partial charge < -0.3 is 5.32 Å². The Kier molecular flexibility index (Phi) is 5.75. The number of nitrogens with one attached hydrogen (secondary N) is 1. The van der Waals surface area contributed by atoms with Crippen LogP contribution in [0.2, 0.25) is 0 Å². The Hall–Kier alpha value is -1.41. The zero-order valence-electron chi connectivity index (χ0n) is 13.3. The third-order valence-corrected chi connectivity index (χ3v) is 4.34. The molecule has 2 aromatic carbocycles. The average molecular weight is 287 g/mol. The minimum atomic E-state index is -0.133. The van der Waals surface area contributed by atoms with Crippen molar-refractivity contribution in [1.82, 2.24) is 5.32 Å². The van der Waals surface area contributed by atoms with E-state index < -0.39 is 0 Å². The highest BCUT2D eigenvalue weighted by atomic mass is 19.1. The van der Waals surface area contributed by atoms with Gasteiger partial charge in [-0.25, -0.2) is 4.39 Å². The molecule has 114 valence electrons. The third kappa shape index (κ3) is 3.44. The number of hydrogen-bond donors (Lipinski definition) is 1. The van der Waals surface area contributed by atoms with E-state index in [1.807, 2.05) is 37.4 Å². The molecule has 2 rings (SSSR count). The molecule has 0 bridgehead atoms. The third-order valence-electron chi connectivity index (χ3n) is 4.34. The van der Waals surface area contributed by atoms with E-state index in [2.05, 4.69) is 19.2 Å². The maximum atomic E-state index is 14.0. The number of hydrogen-bond acceptors (Lipinski definition) is 1. The SMILES string of the molecule is CCCC(CCC)C(NC)c1ccc(F)c2ccccc12. The first-order chi connectivity index (χ1) is 10.2. The first kappa shape index (κ1) is 16.0. The second kappa shape index (κ2) is 7.56. The molecule has 0 amide bonds. The molecule has 2 aromatic rings. The lowest BCUT2D eigenvalue weighted by molar-refractivity contribution is 0.332. The summed E-state index contributed by atoms with van der Waals surface area (Å²) in [4.78, 5) is 0. The minimum Gasteiger partial charge on any atom is -0.313 e. The van der Waals surface area contributed by atoms with E-state index in [9.17, 15) is 4.39 Å². The molecule has 21 heavy (non-hydrogen) atoms. The van der Waals surface area contributed by atoms with Crippen molar-refractivity contribution < 1.29 is 4.39 Å². The molecule has 0 radical (unpaired) electrons. The van der Waals surface area contributed by atoms with Crippen LogP contribution < -0.4 is 5.32 Å². The lowest BCUT2D eigenvalue weighted by Crippen LogP contribution is -2.25. The van der Waals surface area contributed by atoms with Gasteiger partial charge in [-0.15, -0.1) is 0 Å². The van der Waals surface area contributed by atoms with Crippen molar-refractivity contribution in [3.63, 3.8) is 0 Å². The Balaban J connectivity index is 2.48. The number of halogens is 1. The van der Waals surface area contributed by atoms with E-state index in [1.54, 1.807) is 6.07 Å². The maximum absolute atomic E-state index is 14.0. The normalized spacial score (nSPS) is 13.0. The highest BCUT2D eigenvalue weighted by Crippen LogP contribution is 2.34. The first-order valence-corrected chi connectivity index (χ1v) is 8.07. The highest BCUT2D eigenvalue weighted by molar-refractivity contribution is 5.86. The van der Waals surface area contributed by atoms with Crippen molar-refractivity contribution in [3.8, 4) is 0 Å². The highest BCUT2D eigenvalue weighted by Gasteiger charge is 2.22. The lowest BCUT2D eigenvalue weighted by atomic mass is 9.84. The fourth-order valence-corrected chi connectivity index (χ4v) is 3.42. The molecule has 1 unspecified atom stereocenters. The van der Waals surface area contributed by atoms with Crippen LogP contribution in [0, 0.1) is 11.7 Å². The second-order valence-corrected chi connectivity index (χ2v) is 5.79. The van der Waals surface area contributed by atoms with Gasteiger partial charge >= 0.3 is 0 Å². The van der Waals surface area contributed by atoms with E-state index in [1.165, 1.54) is 31.2 Å². The molecule has 0 saturated heterocycles. The van der Waals surface area contributed by atoms with Gasteiger partial charge in [0, 0.05) is 11.4 Å². The molecule has 1 atom stereocenters. The largest absolute Gasteiger partial charge is 0.313 e. The molecule has 0 aromatic heterocycles. The van der Waals surface area contributed by atoms with Crippen LogP contribution >= 0.6 is 0 Å². The zero-order valence-corrected chi connectivity index (χ0v) is 13.3. The summed E-state index contributed by atoms with van der Waals surface area (Å²) < 4.78 is 14.0. The van der Waals surface area contributed by atoms with E-state index >= 15 is 0 Å².